The van der Waals surface area contributed by atoms with E-state index in [-0.39, 0.29) is 35.5 Å². The summed E-state index contributed by atoms with van der Waals surface area (Å²) in [6, 6.07) is 11.0. The second kappa shape index (κ2) is 15.6. The molecule has 4 heterocycles. The van der Waals surface area contributed by atoms with Gasteiger partial charge >= 0.3 is 6.18 Å². The lowest BCUT2D eigenvalue weighted by Crippen LogP contribution is -2.47. The minimum atomic E-state index is -5.05. The quantitative estimate of drug-likeness (QED) is 0.117. The van der Waals surface area contributed by atoms with E-state index in [0.717, 1.165) is 12.1 Å². The van der Waals surface area contributed by atoms with E-state index in [1.165, 1.54) is 22.8 Å². The number of aromatic nitrogens is 5. The number of hydrogen-bond acceptors (Lipinski definition) is 8. The van der Waals surface area contributed by atoms with Crippen LogP contribution < -0.4 is 0 Å². The van der Waals surface area contributed by atoms with Crippen LogP contribution >= 0.6 is 0 Å². The van der Waals surface area contributed by atoms with Crippen LogP contribution in [0, 0.1) is 29.4 Å². The molecule has 2 aromatic carbocycles. The van der Waals surface area contributed by atoms with Gasteiger partial charge in [0.15, 0.2) is 11.5 Å². The zero-order chi connectivity index (χ0) is 44.7. The van der Waals surface area contributed by atoms with Crippen LogP contribution in [0.3, 0.4) is 0 Å². The molecule has 1 aliphatic heterocycles. The number of halogens is 7. The Hall–Kier alpha value is -5.16. The van der Waals surface area contributed by atoms with E-state index >= 15 is 8.78 Å². The average molecular weight is 886 g/mol. The van der Waals surface area contributed by atoms with Gasteiger partial charge in [-0.2, -0.15) is 36.5 Å². The van der Waals surface area contributed by atoms with E-state index in [1.54, 1.807) is 37.4 Å². The summed E-state index contributed by atoms with van der Waals surface area (Å²) in [5.41, 5.74) is -2.56. The summed E-state index contributed by atoms with van der Waals surface area (Å²) in [4.78, 5) is 21.0. The van der Waals surface area contributed by atoms with E-state index in [4.69, 9.17) is 4.98 Å². The molecule has 62 heavy (non-hydrogen) atoms. The third-order valence-electron chi connectivity index (χ3n) is 11.6. The van der Waals surface area contributed by atoms with Gasteiger partial charge in [0.1, 0.15) is 40.9 Å². The molecule has 11 nitrogen and oxygen atoms in total. The summed E-state index contributed by atoms with van der Waals surface area (Å²) in [6.07, 6.45) is -6.01. The molecule has 5 aromatic rings. The molecule has 3 aliphatic rings. The molecule has 0 spiro atoms. The number of piperazine rings is 1. The maximum absolute atomic E-state index is 15.5. The Morgan fingerprint density at radius 2 is 1.68 bits per heavy atom. The van der Waals surface area contributed by atoms with Gasteiger partial charge in [0.25, 0.3) is 5.92 Å². The van der Waals surface area contributed by atoms with Crippen molar-refractivity contribution in [3.05, 3.63) is 99.8 Å². The van der Waals surface area contributed by atoms with Crippen molar-refractivity contribution in [2.75, 3.05) is 33.2 Å². The van der Waals surface area contributed by atoms with Crippen LogP contribution in [0.1, 0.15) is 78.1 Å². The van der Waals surface area contributed by atoms with Crippen LogP contribution in [0.5, 0.6) is 0 Å². The fourth-order valence-corrected chi connectivity index (χ4v) is 10.2. The first-order valence-electron chi connectivity index (χ1n) is 19.9. The summed E-state index contributed by atoms with van der Waals surface area (Å²) in [5, 5.41) is 19.0. The molecule has 3 aromatic heterocycles. The number of carbonyl (C=O) groups excluding carboxylic acids is 1. The van der Waals surface area contributed by atoms with Crippen LogP contribution in [-0.2, 0) is 52.7 Å². The fraction of sp³-hybridized carbons (Fsp3) is 0.442. The van der Waals surface area contributed by atoms with Crippen molar-refractivity contribution in [1.29, 1.82) is 0 Å². The molecule has 0 bridgehead atoms. The molecule has 0 amide bonds. The summed E-state index contributed by atoms with van der Waals surface area (Å²) < 4.78 is 133. The number of fused-ring (bicyclic) bond motifs is 4. The van der Waals surface area contributed by atoms with Gasteiger partial charge in [0, 0.05) is 79.6 Å². The zero-order valence-electron chi connectivity index (χ0n) is 34.1. The molecule has 3 atom stereocenters. The van der Waals surface area contributed by atoms with E-state index in [1.807, 2.05) is 11.9 Å². The second-order valence-electron chi connectivity index (χ2n) is 16.9. The van der Waals surface area contributed by atoms with Crippen molar-refractivity contribution in [2.24, 2.45) is 13.0 Å². The number of sulfonamides is 1. The number of Topliss-reactive ketones (excluding diaryl/α,β-unsaturated/α-hetero) is 1. The van der Waals surface area contributed by atoms with Gasteiger partial charge < -0.3 is 10.0 Å². The first-order valence-corrected chi connectivity index (χ1v) is 21.5. The number of benzene rings is 2. The highest BCUT2D eigenvalue weighted by Gasteiger charge is 2.68. The third kappa shape index (κ3) is 8.49. The maximum atomic E-state index is 15.5. The van der Waals surface area contributed by atoms with Crippen molar-refractivity contribution in [3.8, 4) is 23.0 Å². The minimum Gasteiger partial charge on any atom is -0.378 e. The molecular formula is C43H42F7N7O4S. The smallest absolute Gasteiger partial charge is 0.378 e. The number of aryl methyl sites for hydroxylation is 1. The summed E-state index contributed by atoms with van der Waals surface area (Å²) in [7, 11) is -0.258. The third-order valence-corrected chi connectivity index (χ3v) is 13.4. The lowest BCUT2D eigenvalue weighted by atomic mass is 9.86. The van der Waals surface area contributed by atoms with Gasteiger partial charge in [-0.15, -0.1) is 0 Å². The lowest BCUT2D eigenvalue weighted by Gasteiger charge is -2.31. The standard InChI is InChI=1S/C43H42F7N7O4S/c1-41(2,59)11-10-28-8-9-30(31-6-5-7-32-35(52-55(4)38(31)32)23-62(60,61)56-14-12-54(3)13-15-56)37(51-28)25(16-24-17-26(44)20-27(45)18-24)19-29(58)22-57-40-36(39(53-57)43(48,49)50)33-21-34(33)42(40,46)47/h5-9,17-18,20,25,33-34,59H,12-16,19,21-23H2,1-4H3/t25-,33+,34-/m1/s1. The molecule has 0 radical (unpaired) electrons. The van der Waals surface area contributed by atoms with Crippen molar-refractivity contribution >= 4 is 26.7 Å². The summed E-state index contributed by atoms with van der Waals surface area (Å²) in [5.74, 6) is -4.71. The van der Waals surface area contributed by atoms with E-state index in [9.17, 15) is 40.3 Å². The first kappa shape index (κ1) is 43.5. The van der Waals surface area contributed by atoms with Crippen LogP contribution in [0.25, 0.3) is 22.0 Å². The van der Waals surface area contributed by atoms with Gasteiger partial charge in [0.2, 0.25) is 10.0 Å². The SMILES string of the molecule is CN1CCN(S(=O)(=O)Cc2nn(C)c3c(-c4ccc(C#CC(C)(C)O)nc4[C@@H](CC(=O)Cn4nc(C(F)(F)F)c5c4C(F)(F)[C@@H]4C[C@H]54)Cc4cc(F)cc(F)c4)cccc23)CC1. The number of aliphatic hydroxyl groups is 1. The predicted octanol–water partition coefficient (Wildman–Crippen LogP) is 6.52. The van der Waals surface area contributed by atoms with Crippen molar-refractivity contribution < 1.29 is 49.1 Å². The Bertz CT molecular complexity index is 2760. The molecule has 1 N–H and O–H groups in total. The van der Waals surface area contributed by atoms with Crippen LogP contribution in [0.4, 0.5) is 30.7 Å². The predicted molar refractivity (Wildman–Crippen MR) is 213 cm³/mol. The highest BCUT2D eigenvalue weighted by atomic mass is 32.2. The van der Waals surface area contributed by atoms with E-state index in [0.29, 0.717) is 59.0 Å². The molecule has 328 valence electrons. The van der Waals surface area contributed by atoms with Crippen molar-refractivity contribution in [1.82, 2.24) is 33.8 Å². The second-order valence-corrected chi connectivity index (χ2v) is 18.9. The average Bonchev–Trinajstić information content (AvgIpc) is 3.72. The van der Waals surface area contributed by atoms with Crippen LogP contribution in [0.15, 0.2) is 48.5 Å². The molecular weight excluding hydrogens is 844 g/mol. The highest BCUT2D eigenvalue weighted by Crippen LogP contribution is 2.68. The number of hydrogen-bond donors (Lipinski definition) is 1. The first-order chi connectivity index (χ1) is 29.0. The lowest BCUT2D eigenvalue weighted by molar-refractivity contribution is -0.142. The largest absolute Gasteiger partial charge is 0.435 e. The zero-order valence-corrected chi connectivity index (χ0v) is 34.9. The fourth-order valence-electron chi connectivity index (χ4n) is 8.74. The monoisotopic (exact) mass is 885 g/mol. The summed E-state index contributed by atoms with van der Waals surface area (Å²) >= 11 is 0. The van der Waals surface area contributed by atoms with Crippen molar-refractivity contribution in [3.63, 3.8) is 0 Å². The molecule has 1 saturated carbocycles. The highest BCUT2D eigenvalue weighted by molar-refractivity contribution is 7.88. The van der Waals surface area contributed by atoms with Crippen LogP contribution in [0.2, 0.25) is 0 Å². The van der Waals surface area contributed by atoms with Gasteiger partial charge in [-0.05, 0) is 75.4 Å². The van der Waals surface area contributed by atoms with Gasteiger partial charge in [-0.1, -0.05) is 24.1 Å². The Kier molecular flexibility index (Phi) is 10.9. The minimum absolute atomic E-state index is 0.0853. The van der Waals surface area contributed by atoms with Gasteiger partial charge in [-0.25, -0.2) is 22.2 Å². The Morgan fingerprint density at radius 3 is 2.34 bits per heavy atom. The van der Waals surface area contributed by atoms with E-state index in [2.05, 4.69) is 22.0 Å². The number of rotatable bonds is 11. The molecule has 0 unspecified atom stereocenters. The number of para-hydroxylation sites is 1. The Labute approximate surface area is 352 Å². The number of alkyl halides is 5. The number of ketones is 1. The van der Waals surface area contributed by atoms with Gasteiger partial charge in [-0.3, -0.25) is 14.2 Å². The Morgan fingerprint density at radius 1 is 0.984 bits per heavy atom. The molecule has 8 rings (SSSR count). The summed E-state index contributed by atoms with van der Waals surface area (Å²) in [6.45, 7) is 3.70. The maximum Gasteiger partial charge on any atom is 0.435 e. The number of nitrogens with zero attached hydrogens (tertiary/aromatic N) is 7. The molecule has 1 saturated heterocycles. The van der Waals surface area contributed by atoms with Gasteiger partial charge in [0.05, 0.1) is 16.9 Å². The topological polar surface area (TPSA) is 126 Å². The molecule has 2 aliphatic carbocycles. The van der Waals surface area contributed by atoms with Crippen LogP contribution in [-0.4, -0.2) is 91.9 Å². The number of pyridine rings is 1. The van der Waals surface area contributed by atoms with E-state index < -0.39 is 98.6 Å². The number of carbonyl (C=O) groups is 1. The number of likely N-dealkylation sites (N-methyl/N-ethyl adjacent to an activating group) is 1. The molecule has 19 heteroatoms. The normalized spacial score (nSPS) is 19.5. The molecule has 2 fully saturated rings. The Balaban J connectivity index is 1.24. The van der Waals surface area contributed by atoms with Crippen molar-refractivity contribution in [2.45, 2.75) is 74.9 Å².